The maximum Gasteiger partial charge on any atom is 0.317 e. The fraction of sp³-hybridized carbons (Fsp3) is 0.579. The van der Waals surface area contributed by atoms with Gasteiger partial charge in [-0.1, -0.05) is 45.0 Å². The number of amides is 3. The Hall–Kier alpha value is -2.04. The number of rotatable bonds is 4. The van der Waals surface area contributed by atoms with Crippen LogP contribution in [0.15, 0.2) is 24.3 Å². The molecule has 0 aromatic heterocycles. The van der Waals surface area contributed by atoms with Crippen LogP contribution >= 0.6 is 0 Å². The lowest BCUT2D eigenvalue weighted by Gasteiger charge is -2.35. The van der Waals surface area contributed by atoms with Gasteiger partial charge in [-0.3, -0.25) is 4.79 Å². The molecule has 1 aromatic rings. The second-order valence-electron chi connectivity index (χ2n) is 7.34. The van der Waals surface area contributed by atoms with E-state index in [0.29, 0.717) is 19.0 Å². The molecule has 1 aromatic carbocycles. The van der Waals surface area contributed by atoms with E-state index in [1.54, 1.807) is 4.90 Å². The largest absolute Gasteiger partial charge is 0.369 e. The minimum Gasteiger partial charge on any atom is -0.369 e. The quantitative estimate of drug-likeness (QED) is 0.890. The van der Waals surface area contributed by atoms with Gasteiger partial charge < -0.3 is 16.0 Å². The van der Waals surface area contributed by atoms with E-state index in [-0.39, 0.29) is 29.8 Å². The van der Waals surface area contributed by atoms with Gasteiger partial charge in [0.25, 0.3) is 0 Å². The van der Waals surface area contributed by atoms with Gasteiger partial charge in [0, 0.05) is 13.1 Å². The van der Waals surface area contributed by atoms with Crippen LogP contribution in [0.2, 0.25) is 0 Å². The summed E-state index contributed by atoms with van der Waals surface area (Å²) in [7, 11) is 0. The molecule has 1 heterocycles. The molecular formula is C19H29N3O2. The van der Waals surface area contributed by atoms with Crippen LogP contribution < -0.4 is 11.1 Å². The van der Waals surface area contributed by atoms with E-state index in [4.69, 9.17) is 5.73 Å². The molecule has 3 atom stereocenters. The number of carbonyl (C=O) groups excluding carboxylic acids is 2. The Morgan fingerprint density at radius 3 is 2.50 bits per heavy atom. The lowest BCUT2D eigenvalue weighted by Crippen LogP contribution is -2.50. The highest BCUT2D eigenvalue weighted by molar-refractivity contribution is 5.79. The van der Waals surface area contributed by atoms with Gasteiger partial charge in [-0.2, -0.15) is 0 Å². The maximum atomic E-state index is 12.6. The predicted octanol–water partition coefficient (Wildman–Crippen LogP) is 3.02. The van der Waals surface area contributed by atoms with Crippen molar-refractivity contribution in [3.8, 4) is 0 Å². The van der Waals surface area contributed by atoms with Crippen molar-refractivity contribution in [1.29, 1.82) is 0 Å². The number of urea groups is 1. The zero-order valence-electron chi connectivity index (χ0n) is 15.1. The molecule has 5 heteroatoms. The van der Waals surface area contributed by atoms with Gasteiger partial charge in [-0.25, -0.2) is 4.79 Å². The molecule has 132 valence electrons. The number of hydrogen-bond donors (Lipinski definition) is 2. The Balaban J connectivity index is 2.03. The van der Waals surface area contributed by atoms with Crippen LogP contribution in [0, 0.1) is 11.8 Å². The molecule has 5 nitrogen and oxygen atoms in total. The van der Waals surface area contributed by atoms with Crippen molar-refractivity contribution in [3.63, 3.8) is 0 Å². The van der Waals surface area contributed by atoms with Crippen LogP contribution in [0.4, 0.5) is 4.79 Å². The number of nitrogens with two attached hydrogens (primary N) is 1. The average Bonchev–Trinajstić information content (AvgIpc) is 2.54. The molecule has 1 aliphatic heterocycles. The van der Waals surface area contributed by atoms with Gasteiger partial charge in [0.1, 0.15) is 0 Å². The Bertz CT molecular complexity index is 600. The SMILES string of the molecule is CC1CC(C(N)=O)CN(C(=O)NC(C)c2cccc(C(C)C)c2)C1. The molecule has 2 rings (SSSR count). The predicted molar refractivity (Wildman–Crippen MR) is 95.5 cm³/mol. The van der Waals surface area contributed by atoms with Crippen molar-refractivity contribution in [2.75, 3.05) is 13.1 Å². The lowest BCUT2D eigenvalue weighted by molar-refractivity contribution is -0.123. The van der Waals surface area contributed by atoms with E-state index < -0.39 is 0 Å². The van der Waals surface area contributed by atoms with Crippen molar-refractivity contribution in [2.45, 2.75) is 46.1 Å². The van der Waals surface area contributed by atoms with E-state index in [2.05, 4.69) is 31.3 Å². The average molecular weight is 331 g/mol. The summed E-state index contributed by atoms with van der Waals surface area (Å²) in [6.07, 6.45) is 0.755. The Kier molecular flexibility index (Phi) is 5.86. The zero-order valence-corrected chi connectivity index (χ0v) is 15.1. The van der Waals surface area contributed by atoms with E-state index in [1.807, 2.05) is 26.0 Å². The van der Waals surface area contributed by atoms with E-state index >= 15 is 0 Å². The number of hydrogen-bond acceptors (Lipinski definition) is 2. The molecule has 24 heavy (non-hydrogen) atoms. The monoisotopic (exact) mass is 331 g/mol. The maximum absolute atomic E-state index is 12.6. The van der Waals surface area contributed by atoms with E-state index in [1.165, 1.54) is 5.56 Å². The molecule has 0 spiro atoms. The van der Waals surface area contributed by atoms with Crippen molar-refractivity contribution < 1.29 is 9.59 Å². The second kappa shape index (κ2) is 7.69. The number of nitrogens with zero attached hydrogens (tertiary/aromatic N) is 1. The number of carbonyl (C=O) groups is 2. The van der Waals surface area contributed by atoms with Gasteiger partial charge >= 0.3 is 6.03 Å². The minimum absolute atomic E-state index is 0.0829. The summed E-state index contributed by atoms with van der Waals surface area (Å²) in [5.41, 5.74) is 7.78. The first-order valence-corrected chi connectivity index (χ1v) is 8.72. The second-order valence-corrected chi connectivity index (χ2v) is 7.34. The smallest absolute Gasteiger partial charge is 0.317 e. The fourth-order valence-corrected chi connectivity index (χ4v) is 3.27. The van der Waals surface area contributed by atoms with Crippen molar-refractivity contribution in [2.24, 2.45) is 17.6 Å². The third-order valence-corrected chi connectivity index (χ3v) is 4.77. The Morgan fingerprint density at radius 1 is 1.21 bits per heavy atom. The van der Waals surface area contributed by atoms with Crippen LogP contribution in [-0.2, 0) is 4.79 Å². The first-order valence-electron chi connectivity index (χ1n) is 8.72. The van der Waals surface area contributed by atoms with E-state index in [9.17, 15) is 9.59 Å². The normalized spacial score (nSPS) is 22.3. The molecule has 0 bridgehead atoms. The number of primary amides is 1. The fourth-order valence-electron chi connectivity index (χ4n) is 3.27. The molecule has 3 N–H and O–H groups in total. The first-order chi connectivity index (χ1) is 11.3. The van der Waals surface area contributed by atoms with Crippen LogP contribution in [0.3, 0.4) is 0 Å². The molecular weight excluding hydrogens is 302 g/mol. The Labute approximate surface area is 144 Å². The van der Waals surface area contributed by atoms with Gasteiger partial charge in [-0.15, -0.1) is 0 Å². The summed E-state index contributed by atoms with van der Waals surface area (Å²) < 4.78 is 0. The number of likely N-dealkylation sites (tertiary alicyclic amines) is 1. The third kappa shape index (κ3) is 4.49. The summed E-state index contributed by atoms with van der Waals surface area (Å²) in [5.74, 6) is 0.157. The standard InChI is InChI=1S/C19H29N3O2/c1-12(2)15-6-5-7-16(9-15)14(4)21-19(24)22-10-13(3)8-17(11-22)18(20)23/h5-7,9,12-14,17H,8,10-11H2,1-4H3,(H2,20,23)(H,21,24). The molecule has 0 aliphatic carbocycles. The van der Waals surface area contributed by atoms with Crippen LogP contribution in [-0.4, -0.2) is 29.9 Å². The molecule has 3 unspecified atom stereocenters. The Morgan fingerprint density at radius 2 is 1.88 bits per heavy atom. The van der Waals surface area contributed by atoms with Gasteiger partial charge in [-0.05, 0) is 36.3 Å². The van der Waals surface area contributed by atoms with Gasteiger partial charge in [0.2, 0.25) is 5.91 Å². The minimum atomic E-state index is -0.322. The van der Waals surface area contributed by atoms with Crippen LogP contribution in [0.5, 0.6) is 0 Å². The van der Waals surface area contributed by atoms with Crippen LogP contribution in [0.1, 0.15) is 57.2 Å². The van der Waals surface area contributed by atoms with Crippen molar-refractivity contribution in [1.82, 2.24) is 10.2 Å². The lowest BCUT2D eigenvalue weighted by atomic mass is 9.90. The first kappa shape index (κ1) is 18.3. The molecule has 1 fully saturated rings. The third-order valence-electron chi connectivity index (χ3n) is 4.77. The molecule has 0 saturated carbocycles. The highest BCUT2D eigenvalue weighted by Crippen LogP contribution is 2.23. The molecule has 1 aliphatic rings. The van der Waals surface area contributed by atoms with Gasteiger partial charge in [0.05, 0.1) is 12.0 Å². The highest BCUT2D eigenvalue weighted by atomic mass is 16.2. The summed E-state index contributed by atoms with van der Waals surface area (Å²) in [5, 5.41) is 3.05. The van der Waals surface area contributed by atoms with E-state index in [0.717, 1.165) is 12.0 Å². The molecule has 3 amide bonds. The highest BCUT2D eigenvalue weighted by Gasteiger charge is 2.31. The topological polar surface area (TPSA) is 75.4 Å². The van der Waals surface area contributed by atoms with Crippen molar-refractivity contribution in [3.05, 3.63) is 35.4 Å². The summed E-state index contributed by atoms with van der Waals surface area (Å²) >= 11 is 0. The number of nitrogens with one attached hydrogen (secondary N) is 1. The molecule has 1 saturated heterocycles. The summed E-state index contributed by atoms with van der Waals surface area (Å²) in [6.45, 7) is 9.41. The summed E-state index contributed by atoms with van der Waals surface area (Å²) in [4.78, 5) is 25.8. The number of piperidine rings is 1. The number of benzene rings is 1. The van der Waals surface area contributed by atoms with Crippen LogP contribution in [0.25, 0.3) is 0 Å². The zero-order chi connectivity index (χ0) is 17.9. The molecule has 0 radical (unpaired) electrons. The van der Waals surface area contributed by atoms with Gasteiger partial charge in [0.15, 0.2) is 0 Å². The summed E-state index contributed by atoms with van der Waals surface area (Å²) in [6, 6.07) is 8.09. The van der Waals surface area contributed by atoms with Crippen molar-refractivity contribution >= 4 is 11.9 Å².